The Morgan fingerprint density at radius 2 is 2.00 bits per heavy atom. The van der Waals surface area contributed by atoms with E-state index in [9.17, 15) is 0 Å². The first-order chi connectivity index (χ1) is 6.33. The number of rotatable bonds is 4. The lowest BCUT2D eigenvalue weighted by Crippen LogP contribution is -1.88. The summed E-state index contributed by atoms with van der Waals surface area (Å²) in [5.74, 6) is 0. The maximum absolute atomic E-state index is 5.04. The number of ether oxygens (including phenoxy) is 1. The third kappa shape index (κ3) is 3.65. The van der Waals surface area contributed by atoms with Gasteiger partial charge in [-0.05, 0) is 26.0 Å². The van der Waals surface area contributed by atoms with Gasteiger partial charge in [-0.3, -0.25) is 0 Å². The van der Waals surface area contributed by atoms with Gasteiger partial charge in [-0.15, -0.1) is 0 Å². The van der Waals surface area contributed by atoms with E-state index in [0.717, 1.165) is 5.69 Å². The van der Waals surface area contributed by atoms with Gasteiger partial charge in [0.15, 0.2) is 0 Å². The monoisotopic (exact) mass is 177 g/mol. The van der Waals surface area contributed by atoms with Crippen LogP contribution in [0.15, 0.2) is 36.7 Å². The Morgan fingerprint density at radius 1 is 1.31 bits per heavy atom. The van der Waals surface area contributed by atoms with E-state index in [0.29, 0.717) is 6.61 Å². The van der Waals surface area contributed by atoms with Crippen LogP contribution in [0.25, 0.3) is 0 Å². The standard InChI is InChI=1S/C11H15NO/c1-3-13-9-8-12-11-6-4-10(2)5-7-11/h4-9,12H,3H2,1-2H3/b9-8-. The summed E-state index contributed by atoms with van der Waals surface area (Å²) in [5, 5.41) is 3.10. The Balaban J connectivity index is 2.41. The molecule has 0 fully saturated rings. The molecule has 1 aromatic rings. The van der Waals surface area contributed by atoms with E-state index < -0.39 is 0 Å². The molecule has 0 aromatic heterocycles. The highest BCUT2D eigenvalue weighted by Gasteiger charge is 1.86. The molecule has 70 valence electrons. The zero-order valence-electron chi connectivity index (χ0n) is 8.08. The van der Waals surface area contributed by atoms with Gasteiger partial charge in [0, 0.05) is 11.9 Å². The van der Waals surface area contributed by atoms with Gasteiger partial charge in [0.25, 0.3) is 0 Å². The van der Waals surface area contributed by atoms with Crippen molar-refractivity contribution in [2.24, 2.45) is 0 Å². The molecule has 1 N–H and O–H groups in total. The van der Waals surface area contributed by atoms with Gasteiger partial charge in [0.05, 0.1) is 12.9 Å². The molecular formula is C11H15NO. The molecular weight excluding hydrogens is 162 g/mol. The van der Waals surface area contributed by atoms with Gasteiger partial charge in [-0.2, -0.15) is 0 Å². The molecule has 0 saturated heterocycles. The van der Waals surface area contributed by atoms with Crippen LogP contribution in [0.2, 0.25) is 0 Å². The number of anilines is 1. The highest BCUT2D eigenvalue weighted by atomic mass is 16.5. The first-order valence-corrected chi connectivity index (χ1v) is 4.42. The summed E-state index contributed by atoms with van der Waals surface area (Å²) < 4.78 is 5.04. The largest absolute Gasteiger partial charge is 0.500 e. The van der Waals surface area contributed by atoms with Crippen LogP contribution in [-0.2, 0) is 4.74 Å². The second-order valence-corrected chi connectivity index (χ2v) is 2.77. The maximum Gasteiger partial charge on any atom is 0.0988 e. The average molecular weight is 177 g/mol. The number of hydrogen-bond acceptors (Lipinski definition) is 2. The molecule has 2 heteroatoms. The summed E-state index contributed by atoms with van der Waals surface area (Å²) in [7, 11) is 0. The summed E-state index contributed by atoms with van der Waals surface area (Å²) in [5.41, 5.74) is 2.33. The van der Waals surface area contributed by atoms with E-state index in [1.54, 1.807) is 12.5 Å². The molecule has 13 heavy (non-hydrogen) atoms. The number of hydrogen-bond donors (Lipinski definition) is 1. The van der Waals surface area contributed by atoms with E-state index in [4.69, 9.17) is 4.74 Å². The minimum atomic E-state index is 0.700. The Morgan fingerprint density at radius 3 is 2.62 bits per heavy atom. The Kier molecular flexibility index (Phi) is 3.89. The molecule has 0 spiro atoms. The lowest BCUT2D eigenvalue weighted by Gasteiger charge is -2.00. The Bertz CT molecular complexity index is 264. The average Bonchev–Trinajstić information content (AvgIpc) is 2.15. The van der Waals surface area contributed by atoms with E-state index in [-0.39, 0.29) is 0 Å². The van der Waals surface area contributed by atoms with Crippen LogP contribution in [0.3, 0.4) is 0 Å². The van der Waals surface area contributed by atoms with Gasteiger partial charge in [-0.25, -0.2) is 0 Å². The summed E-state index contributed by atoms with van der Waals surface area (Å²) in [6.45, 7) is 4.72. The van der Waals surface area contributed by atoms with Crippen LogP contribution in [0.1, 0.15) is 12.5 Å². The van der Waals surface area contributed by atoms with Crippen LogP contribution in [0.5, 0.6) is 0 Å². The second-order valence-electron chi connectivity index (χ2n) is 2.77. The fraction of sp³-hybridized carbons (Fsp3) is 0.273. The van der Waals surface area contributed by atoms with E-state index in [1.807, 2.05) is 19.1 Å². The highest BCUT2D eigenvalue weighted by Crippen LogP contribution is 2.07. The molecule has 0 atom stereocenters. The lowest BCUT2D eigenvalue weighted by molar-refractivity contribution is 0.269. The van der Waals surface area contributed by atoms with Gasteiger partial charge in [0.2, 0.25) is 0 Å². The molecule has 2 nitrogen and oxygen atoms in total. The molecule has 1 rings (SSSR count). The van der Waals surface area contributed by atoms with Crippen molar-refractivity contribution >= 4 is 5.69 Å². The van der Waals surface area contributed by atoms with Crippen LogP contribution in [0, 0.1) is 6.92 Å². The van der Waals surface area contributed by atoms with Crippen molar-refractivity contribution in [1.82, 2.24) is 0 Å². The van der Waals surface area contributed by atoms with Crippen molar-refractivity contribution in [3.8, 4) is 0 Å². The van der Waals surface area contributed by atoms with Gasteiger partial charge >= 0.3 is 0 Å². The molecule has 0 aliphatic rings. The van der Waals surface area contributed by atoms with Crippen molar-refractivity contribution in [3.05, 3.63) is 42.3 Å². The van der Waals surface area contributed by atoms with Gasteiger partial charge in [0.1, 0.15) is 0 Å². The Hall–Kier alpha value is -1.44. The number of aryl methyl sites for hydroxylation is 1. The van der Waals surface area contributed by atoms with Crippen LogP contribution in [0.4, 0.5) is 5.69 Å². The zero-order valence-corrected chi connectivity index (χ0v) is 8.08. The summed E-state index contributed by atoms with van der Waals surface area (Å²) in [4.78, 5) is 0. The van der Waals surface area contributed by atoms with Crippen LogP contribution in [-0.4, -0.2) is 6.61 Å². The molecule has 1 aromatic carbocycles. The summed E-state index contributed by atoms with van der Waals surface area (Å²) in [6.07, 6.45) is 3.44. The van der Waals surface area contributed by atoms with Gasteiger partial charge in [-0.1, -0.05) is 17.7 Å². The minimum Gasteiger partial charge on any atom is -0.500 e. The lowest BCUT2D eigenvalue weighted by atomic mass is 10.2. The predicted octanol–water partition coefficient (Wildman–Crippen LogP) is 2.91. The zero-order chi connectivity index (χ0) is 9.52. The maximum atomic E-state index is 5.04. The normalized spacial score (nSPS) is 10.3. The topological polar surface area (TPSA) is 21.3 Å². The minimum absolute atomic E-state index is 0.700. The molecule has 0 aliphatic heterocycles. The predicted molar refractivity (Wildman–Crippen MR) is 55.6 cm³/mol. The first-order valence-electron chi connectivity index (χ1n) is 4.42. The number of benzene rings is 1. The summed E-state index contributed by atoms with van der Waals surface area (Å²) in [6, 6.07) is 8.20. The van der Waals surface area contributed by atoms with Crippen molar-refractivity contribution in [2.75, 3.05) is 11.9 Å². The SMILES string of the molecule is CCO/C=C\Nc1ccc(C)cc1. The number of nitrogens with one attached hydrogen (secondary N) is 1. The second kappa shape index (κ2) is 5.25. The van der Waals surface area contributed by atoms with E-state index in [2.05, 4.69) is 24.4 Å². The molecule has 0 radical (unpaired) electrons. The van der Waals surface area contributed by atoms with Crippen molar-refractivity contribution < 1.29 is 4.74 Å². The van der Waals surface area contributed by atoms with Crippen LogP contribution >= 0.6 is 0 Å². The highest BCUT2D eigenvalue weighted by molar-refractivity contribution is 5.46. The van der Waals surface area contributed by atoms with E-state index >= 15 is 0 Å². The van der Waals surface area contributed by atoms with Crippen LogP contribution < -0.4 is 5.32 Å². The third-order valence-electron chi connectivity index (χ3n) is 1.63. The molecule has 0 heterocycles. The molecule has 0 saturated carbocycles. The van der Waals surface area contributed by atoms with E-state index in [1.165, 1.54) is 5.56 Å². The molecule has 0 bridgehead atoms. The first kappa shape index (κ1) is 9.65. The fourth-order valence-electron chi connectivity index (χ4n) is 0.924. The molecule has 0 aliphatic carbocycles. The Labute approximate surface area is 79.2 Å². The van der Waals surface area contributed by atoms with Crippen molar-refractivity contribution in [3.63, 3.8) is 0 Å². The summed E-state index contributed by atoms with van der Waals surface area (Å²) >= 11 is 0. The molecule has 0 unspecified atom stereocenters. The quantitative estimate of drug-likeness (QED) is 0.714. The van der Waals surface area contributed by atoms with Crippen molar-refractivity contribution in [2.45, 2.75) is 13.8 Å². The smallest absolute Gasteiger partial charge is 0.0988 e. The van der Waals surface area contributed by atoms with Crippen molar-refractivity contribution in [1.29, 1.82) is 0 Å². The van der Waals surface area contributed by atoms with Gasteiger partial charge < -0.3 is 10.1 Å². The third-order valence-corrected chi connectivity index (χ3v) is 1.63. The fourth-order valence-corrected chi connectivity index (χ4v) is 0.924. The molecule has 0 amide bonds.